The summed E-state index contributed by atoms with van der Waals surface area (Å²) in [6.45, 7) is 3.89. The number of ether oxygens (including phenoxy) is 2. The zero-order valence-electron chi connectivity index (χ0n) is 26.3. The molecule has 0 unspecified atom stereocenters. The Morgan fingerprint density at radius 2 is 0.854 bits per heavy atom. The molecule has 0 fully saturated rings. The van der Waals surface area contributed by atoms with Crippen LogP contribution in [0.15, 0.2) is 61.2 Å². The Morgan fingerprint density at radius 1 is 0.583 bits per heavy atom. The quantitative estimate of drug-likeness (QED) is 0.199. The molecule has 0 aliphatic rings. The van der Waals surface area contributed by atoms with Crippen LogP contribution in [0.25, 0.3) is 22.5 Å². The van der Waals surface area contributed by atoms with Crippen LogP contribution in [0.2, 0.25) is 0 Å². The first-order chi connectivity index (χ1) is 21.5. The van der Waals surface area contributed by atoms with E-state index < -0.39 is 23.9 Å². The van der Waals surface area contributed by atoms with Crippen LogP contribution >= 0.6 is 0 Å². The molecular formula is C28H32Cu2N8O10. The van der Waals surface area contributed by atoms with Gasteiger partial charge in [-0.25, -0.2) is 9.97 Å². The Balaban J connectivity index is -0.000000273. The molecule has 18 nitrogen and oxygen atoms in total. The van der Waals surface area contributed by atoms with E-state index >= 15 is 0 Å². The van der Waals surface area contributed by atoms with Crippen LogP contribution in [0.3, 0.4) is 0 Å². The topological polar surface area (TPSA) is 308 Å². The third-order valence-electron chi connectivity index (χ3n) is 3.77. The molecular weight excluding hydrogens is 735 g/mol. The summed E-state index contributed by atoms with van der Waals surface area (Å²) in [5, 5.41) is 35.6. The zero-order valence-corrected chi connectivity index (χ0v) is 28.2. The van der Waals surface area contributed by atoms with Gasteiger partial charge in [0.15, 0.2) is 0 Å². The summed E-state index contributed by atoms with van der Waals surface area (Å²) in [4.78, 5) is 59.6. The average molecular weight is 768 g/mol. The van der Waals surface area contributed by atoms with Crippen molar-refractivity contribution < 1.29 is 83.2 Å². The van der Waals surface area contributed by atoms with Gasteiger partial charge >= 0.3 is 34.1 Å². The number of carboxylic acid groups (broad SMARTS) is 4. The van der Waals surface area contributed by atoms with E-state index in [0.717, 1.165) is 38.8 Å². The van der Waals surface area contributed by atoms with Gasteiger partial charge in [-0.3, -0.25) is 9.97 Å². The number of nitrogen functional groups attached to an aromatic ring is 2. The van der Waals surface area contributed by atoms with Crippen molar-refractivity contribution in [2.75, 3.05) is 25.7 Å². The Labute approximate surface area is 297 Å². The van der Waals surface area contributed by atoms with Crippen LogP contribution in [-0.2, 0) is 53.3 Å². The molecule has 266 valence electrons. The van der Waals surface area contributed by atoms with Crippen molar-refractivity contribution in [3.05, 3.63) is 61.2 Å². The Morgan fingerprint density at radius 3 is 1.06 bits per heavy atom. The molecule has 4 aromatic heterocycles. The predicted molar refractivity (Wildman–Crippen MR) is 155 cm³/mol. The predicted octanol–water partition coefficient (Wildman–Crippen LogP) is -2.72. The number of nitrogens with zero attached hydrogens (tertiary/aromatic N) is 6. The maximum Gasteiger partial charge on any atom is 2.00 e. The summed E-state index contributed by atoms with van der Waals surface area (Å²) in [6, 6.07) is 10.9. The van der Waals surface area contributed by atoms with Crippen molar-refractivity contribution in [2.24, 2.45) is 0 Å². The largest absolute Gasteiger partial charge is 2.00 e. The van der Waals surface area contributed by atoms with Gasteiger partial charge in [-0.05, 0) is 52.0 Å². The molecule has 4 heterocycles. The number of carbonyl (C=O) groups is 4. The van der Waals surface area contributed by atoms with Gasteiger partial charge in [0.25, 0.3) is 0 Å². The standard InChI is InChI=1S/2C10H10N4O.4C2H4O2.2Cu/c2*1-15-9-5-8(13-10(11)14-9)7-3-2-4-12-6-7;4*1-2(3)4;;/h2*2-6H,1H3,(H2,11,13,14);4*1H3,(H,3,4);;/q;;;;;;2*+2/p-4. The summed E-state index contributed by atoms with van der Waals surface area (Å²) >= 11 is 0. The SMILES string of the molecule is CC(=O)[O-].CC(=O)[O-].CC(=O)[O-].CC(=O)[O-].COc1cc(-c2cccnc2)nc(N)n1.COc1cc(-c2cccnc2)nc(N)n1.[Cu+2].[Cu+2]. The van der Waals surface area contributed by atoms with Gasteiger partial charge in [0, 0.05) is 71.9 Å². The maximum absolute atomic E-state index is 8.89. The fourth-order valence-electron chi connectivity index (χ4n) is 2.42. The van der Waals surface area contributed by atoms with E-state index in [1.165, 1.54) is 14.2 Å². The zero-order chi connectivity index (χ0) is 35.7. The second-order valence-electron chi connectivity index (χ2n) is 7.76. The van der Waals surface area contributed by atoms with Crippen LogP contribution < -0.4 is 41.4 Å². The monoisotopic (exact) mass is 766 g/mol. The third-order valence-corrected chi connectivity index (χ3v) is 3.77. The number of anilines is 2. The molecule has 48 heavy (non-hydrogen) atoms. The van der Waals surface area contributed by atoms with Crippen LogP contribution in [-0.4, -0.2) is 68.0 Å². The summed E-state index contributed by atoms with van der Waals surface area (Å²) in [7, 11) is 3.07. The normalized spacial score (nSPS) is 8.29. The Kier molecular flexibility index (Phi) is 29.9. The van der Waals surface area contributed by atoms with E-state index in [1.807, 2.05) is 24.3 Å². The molecule has 0 saturated carbocycles. The molecule has 0 amide bonds. The number of nitrogens with two attached hydrogens (primary N) is 2. The second kappa shape index (κ2) is 29.0. The van der Waals surface area contributed by atoms with Crippen LogP contribution in [0, 0.1) is 0 Å². The molecule has 0 spiro atoms. The van der Waals surface area contributed by atoms with Gasteiger partial charge in [-0.1, -0.05) is 0 Å². The number of carbonyl (C=O) groups excluding carboxylic acids is 4. The molecule has 4 aromatic rings. The molecule has 4 N–H and O–H groups in total. The number of carboxylic acids is 4. The molecule has 0 aromatic carbocycles. The number of aromatic nitrogens is 6. The molecule has 20 heteroatoms. The van der Waals surface area contributed by atoms with Gasteiger partial charge in [0.2, 0.25) is 23.7 Å². The number of hydrogen-bond donors (Lipinski definition) is 2. The molecule has 2 radical (unpaired) electrons. The van der Waals surface area contributed by atoms with Gasteiger partial charge in [-0.2, -0.15) is 9.97 Å². The maximum atomic E-state index is 8.89. The summed E-state index contributed by atoms with van der Waals surface area (Å²) in [5.74, 6) is -3.07. The summed E-state index contributed by atoms with van der Waals surface area (Å²) in [6.07, 6.45) is 6.82. The van der Waals surface area contributed by atoms with Crippen molar-refractivity contribution in [2.45, 2.75) is 27.7 Å². The fourth-order valence-corrected chi connectivity index (χ4v) is 2.42. The van der Waals surface area contributed by atoms with Crippen LogP contribution in [0.4, 0.5) is 11.9 Å². The van der Waals surface area contributed by atoms with E-state index in [2.05, 4.69) is 29.9 Å². The minimum absolute atomic E-state index is 0. The first kappa shape index (κ1) is 49.5. The first-order valence-electron chi connectivity index (χ1n) is 12.4. The molecule has 0 saturated heterocycles. The average Bonchev–Trinajstić information content (AvgIpc) is 2.96. The fraction of sp³-hybridized carbons (Fsp3) is 0.214. The van der Waals surface area contributed by atoms with E-state index in [9.17, 15) is 0 Å². The van der Waals surface area contributed by atoms with Crippen molar-refractivity contribution in [3.63, 3.8) is 0 Å². The van der Waals surface area contributed by atoms with Gasteiger partial charge in [0.1, 0.15) is 0 Å². The molecule has 0 bridgehead atoms. The minimum atomic E-state index is -1.08. The number of aliphatic carboxylic acids is 4. The molecule has 0 atom stereocenters. The van der Waals surface area contributed by atoms with E-state index in [-0.39, 0.29) is 46.0 Å². The second-order valence-corrected chi connectivity index (χ2v) is 7.76. The van der Waals surface area contributed by atoms with Gasteiger partial charge in [0.05, 0.1) is 25.6 Å². The third kappa shape index (κ3) is 29.3. The number of hydrogen-bond acceptors (Lipinski definition) is 18. The summed E-state index contributed by atoms with van der Waals surface area (Å²) in [5.41, 5.74) is 14.3. The van der Waals surface area contributed by atoms with E-state index in [0.29, 0.717) is 23.1 Å². The Hall–Kier alpha value is -5.42. The van der Waals surface area contributed by atoms with Gasteiger partial charge in [-0.15, -0.1) is 0 Å². The smallest absolute Gasteiger partial charge is 0.550 e. The van der Waals surface area contributed by atoms with Crippen LogP contribution in [0.5, 0.6) is 11.8 Å². The number of pyridine rings is 2. The van der Waals surface area contributed by atoms with Crippen LogP contribution in [0.1, 0.15) is 27.7 Å². The van der Waals surface area contributed by atoms with E-state index in [1.54, 1.807) is 36.9 Å². The summed E-state index contributed by atoms with van der Waals surface area (Å²) < 4.78 is 10.0. The minimum Gasteiger partial charge on any atom is -0.550 e. The molecule has 0 aliphatic heterocycles. The van der Waals surface area contributed by atoms with Crippen molar-refractivity contribution in [3.8, 4) is 34.3 Å². The van der Waals surface area contributed by atoms with Crippen molar-refractivity contribution in [1.29, 1.82) is 0 Å². The van der Waals surface area contributed by atoms with Gasteiger partial charge < -0.3 is 60.5 Å². The first-order valence-corrected chi connectivity index (χ1v) is 12.4. The Bertz CT molecular complexity index is 1350. The van der Waals surface area contributed by atoms with E-state index in [4.69, 9.17) is 60.5 Å². The van der Waals surface area contributed by atoms with Crippen molar-refractivity contribution >= 4 is 35.8 Å². The van der Waals surface area contributed by atoms with Crippen molar-refractivity contribution in [1.82, 2.24) is 29.9 Å². The number of rotatable bonds is 4. The molecule has 0 aliphatic carbocycles. The molecule has 4 rings (SSSR count). The number of methoxy groups -OCH3 is 2.